The lowest BCUT2D eigenvalue weighted by Gasteiger charge is -1.96. The molecule has 0 amide bonds. The average Bonchev–Trinajstić information content (AvgIpc) is 2.89. The van der Waals surface area contributed by atoms with E-state index in [1.807, 2.05) is 30.3 Å². The van der Waals surface area contributed by atoms with E-state index < -0.39 is 0 Å². The van der Waals surface area contributed by atoms with Crippen LogP contribution in [0.3, 0.4) is 0 Å². The lowest BCUT2D eigenvalue weighted by molar-refractivity contribution is 0.111. The summed E-state index contributed by atoms with van der Waals surface area (Å²) in [6, 6.07) is 9.56. The summed E-state index contributed by atoms with van der Waals surface area (Å²) in [4.78, 5) is 15.3. The van der Waals surface area contributed by atoms with Gasteiger partial charge in [0.15, 0.2) is 6.29 Å². The lowest BCUT2D eigenvalue weighted by atomic mass is 10.1. The van der Waals surface area contributed by atoms with Gasteiger partial charge in [-0.05, 0) is 0 Å². The third-order valence-corrected chi connectivity index (χ3v) is 2.46. The Bertz CT molecular complexity index is 637. The summed E-state index contributed by atoms with van der Waals surface area (Å²) in [5.41, 5.74) is 2.06. The van der Waals surface area contributed by atoms with Gasteiger partial charge in [0, 0.05) is 11.8 Å². The molecule has 2 aromatic heterocycles. The first-order valence-electron chi connectivity index (χ1n) is 4.86. The summed E-state index contributed by atoms with van der Waals surface area (Å²) in [6.07, 6.45) is 3.97. The van der Waals surface area contributed by atoms with Gasteiger partial charge < -0.3 is 4.42 Å². The molecule has 2 heterocycles. The Balaban J connectivity index is 2.31. The van der Waals surface area contributed by atoms with Gasteiger partial charge in [-0.1, -0.05) is 30.3 Å². The molecule has 0 aliphatic rings. The quantitative estimate of drug-likeness (QED) is 0.613. The number of oxazole rings is 1. The molecule has 0 aliphatic heterocycles. The zero-order valence-electron chi connectivity index (χ0n) is 8.33. The number of fused-ring (bicyclic) bond motifs is 1. The minimum atomic E-state index is 0.431. The molecule has 16 heavy (non-hydrogen) atoms. The van der Waals surface area contributed by atoms with E-state index in [0.29, 0.717) is 17.2 Å². The van der Waals surface area contributed by atoms with Crippen molar-refractivity contribution in [3.05, 3.63) is 48.5 Å². The Hall–Kier alpha value is -2.36. The summed E-state index contributed by atoms with van der Waals surface area (Å²) in [5, 5.41) is 0. The number of aldehydes is 1. The average molecular weight is 212 g/mol. The molecule has 0 saturated carbocycles. The van der Waals surface area contributed by atoms with Gasteiger partial charge >= 0.3 is 5.84 Å². The number of aromatic nitrogens is 2. The van der Waals surface area contributed by atoms with Gasteiger partial charge in [-0.25, -0.2) is 0 Å². The molecule has 78 valence electrons. The van der Waals surface area contributed by atoms with E-state index in [9.17, 15) is 4.79 Å². The van der Waals surface area contributed by atoms with Gasteiger partial charge in [-0.3, -0.25) is 9.20 Å². The van der Waals surface area contributed by atoms with Crippen molar-refractivity contribution in [3.63, 3.8) is 0 Å². The van der Waals surface area contributed by atoms with Crippen LogP contribution in [0.4, 0.5) is 0 Å². The number of hydrogen-bond acceptors (Lipinski definition) is 3. The lowest BCUT2D eigenvalue weighted by Crippen LogP contribution is -1.89. The topological polar surface area (TPSA) is 47.5 Å². The van der Waals surface area contributed by atoms with Crippen molar-refractivity contribution in [2.24, 2.45) is 0 Å². The summed E-state index contributed by atoms with van der Waals surface area (Å²) in [5.74, 6) is 0.431. The second-order valence-electron chi connectivity index (χ2n) is 3.39. The summed E-state index contributed by atoms with van der Waals surface area (Å²) < 4.78 is 6.79. The van der Waals surface area contributed by atoms with Gasteiger partial charge in [0.1, 0.15) is 17.7 Å². The van der Waals surface area contributed by atoms with E-state index >= 15 is 0 Å². The molecule has 4 nitrogen and oxygen atoms in total. The molecule has 0 spiro atoms. The van der Waals surface area contributed by atoms with Crippen LogP contribution in [0.25, 0.3) is 17.1 Å². The second-order valence-corrected chi connectivity index (χ2v) is 3.39. The van der Waals surface area contributed by atoms with E-state index in [1.54, 1.807) is 10.6 Å². The number of benzene rings is 1. The van der Waals surface area contributed by atoms with Crippen molar-refractivity contribution < 1.29 is 9.21 Å². The second kappa shape index (κ2) is 3.34. The maximum atomic E-state index is 11.1. The summed E-state index contributed by atoms with van der Waals surface area (Å²) in [7, 11) is 0. The van der Waals surface area contributed by atoms with Crippen LogP contribution in [-0.2, 0) is 0 Å². The molecular weight excluding hydrogens is 204 g/mol. The predicted molar refractivity (Wildman–Crippen MR) is 58.3 cm³/mol. The maximum Gasteiger partial charge on any atom is 0.306 e. The van der Waals surface area contributed by atoms with Crippen LogP contribution >= 0.6 is 0 Å². The van der Waals surface area contributed by atoms with Crippen LogP contribution in [-0.4, -0.2) is 15.7 Å². The molecule has 3 rings (SSSR count). The van der Waals surface area contributed by atoms with Crippen LogP contribution in [0.2, 0.25) is 0 Å². The third-order valence-electron chi connectivity index (χ3n) is 2.46. The smallest absolute Gasteiger partial charge is 0.306 e. The highest BCUT2D eigenvalue weighted by molar-refractivity contribution is 5.85. The molecular formula is C12H8N2O2. The normalized spacial score (nSPS) is 10.8. The third kappa shape index (κ3) is 1.16. The van der Waals surface area contributed by atoms with Crippen molar-refractivity contribution in [2.75, 3.05) is 0 Å². The largest absolute Gasteiger partial charge is 0.432 e. The van der Waals surface area contributed by atoms with Crippen LogP contribution in [0, 0.1) is 0 Å². The van der Waals surface area contributed by atoms with Gasteiger partial charge in [0.05, 0.1) is 0 Å². The molecule has 0 bridgehead atoms. The van der Waals surface area contributed by atoms with Crippen molar-refractivity contribution >= 4 is 12.1 Å². The zero-order valence-corrected chi connectivity index (χ0v) is 8.33. The highest BCUT2D eigenvalue weighted by Crippen LogP contribution is 2.23. The van der Waals surface area contributed by atoms with Gasteiger partial charge in [-0.2, -0.15) is 4.98 Å². The molecule has 4 heteroatoms. The van der Waals surface area contributed by atoms with Crippen LogP contribution in [0.15, 0.2) is 47.2 Å². The fraction of sp³-hybridized carbons (Fsp3) is 0. The molecule has 0 N–H and O–H groups in total. The number of carbonyl (C=O) groups excluding carboxylic acids is 1. The summed E-state index contributed by atoms with van der Waals surface area (Å²) in [6.45, 7) is 0. The van der Waals surface area contributed by atoms with Gasteiger partial charge in [-0.15, -0.1) is 0 Å². The van der Waals surface area contributed by atoms with Crippen LogP contribution < -0.4 is 0 Å². The van der Waals surface area contributed by atoms with Crippen molar-refractivity contribution in [1.82, 2.24) is 9.38 Å². The number of nitrogens with zero attached hydrogens (tertiary/aromatic N) is 2. The van der Waals surface area contributed by atoms with Gasteiger partial charge in [0.2, 0.25) is 0 Å². The molecule has 3 aromatic rings. The van der Waals surface area contributed by atoms with Crippen molar-refractivity contribution in [2.45, 2.75) is 0 Å². The Morgan fingerprint density at radius 3 is 2.81 bits per heavy atom. The van der Waals surface area contributed by atoms with E-state index in [0.717, 1.165) is 11.8 Å². The maximum absolute atomic E-state index is 11.1. The highest BCUT2D eigenvalue weighted by atomic mass is 16.3. The first-order chi connectivity index (χ1) is 7.90. The molecule has 0 saturated heterocycles. The first-order valence-corrected chi connectivity index (χ1v) is 4.86. The van der Waals surface area contributed by atoms with Crippen LogP contribution in [0.5, 0.6) is 0 Å². The zero-order chi connectivity index (χ0) is 11.0. The van der Waals surface area contributed by atoms with Gasteiger partial charge in [0.25, 0.3) is 0 Å². The minimum absolute atomic E-state index is 0.431. The fourth-order valence-electron chi connectivity index (χ4n) is 1.72. The molecule has 0 unspecified atom stereocenters. The SMILES string of the molecule is O=Cc1c(-c2ccccc2)nc2occn12. The molecule has 0 atom stereocenters. The minimum Gasteiger partial charge on any atom is -0.432 e. The fourth-order valence-corrected chi connectivity index (χ4v) is 1.72. The van der Waals surface area contributed by atoms with E-state index in [2.05, 4.69) is 4.98 Å². The number of carbonyl (C=O) groups is 1. The molecule has 0 aliphatic carbocycles. The summed E-state index contributed by atoms with van der Waals surface area (Å²) >= 11 is 0. The Labute approximate surface area is 91.1 Å². The number of hydrogen-bond donors (Lipinski definition) is 0. The number of imidazole rings is 1. The monoisotopic (exact) mass is 212 g/mol. The first kappa shape index (κ1) is 8.91. The van der Waals surface area contributed by atoms with Crippen molar-refractivity contribution in [3.8, 4) is 11.3 Å². The molecule has 0 fully saturated rings. The van der Waals surface area contributed by atoms with E-state index in [1.165, 1.54) is 6.26 Å². The standard InChI is InChI=1S/C12H8N2O2/c15-8-10-11(9-4-2-1-3-5-9)13-12-14(10)6-7-16-12/h1-8H. The molecule has 1 aromatic carbocycles. The van der Waals surface area contributed by atoms with E-state index in [-0.39, 0.29) is 0 Å². The van der Waals surface area contributed by atoms with E-state index in [4.69, 9.17) is 4.42 Å². The molecule has 0 radical (unpaired) electrons. The highest BCUT2D eigenvalue weighted by Gasteiger charge is 2.14. The Morgan fingerprint density at radius 2 is 2.06 bits per heavy atom. The predicted octanol–water partition coefficient (Wildman–Crippen LogP) is 2.41. The Kier molecular flexibility index (Phi) is 1.86. The van der Waals surface area contributed by atoms with Crippen molar-refractivity contribution in [1.29, 1.82) is 0 Å². The Morgan fingerprint density at radius 1 is 1.25 bits per heavy atom. The van der Waals surface area contributed by atoms with Crippen LogP contribution in [0.1, 0.15) is 10.5 Å². The number of rotatable bonds is 2.